The molecule has 1 aromatic carbocycles. The molecule has 1 fully saturated rings. The van der Waals surface area contributed by atoms with Gasteiger partial charge in [0.25, 0.3) is 0 Å². The van der Waals surface area contributed by atoms with E-state index in [0.29, 0.717) is 41.8 Å². The van der Waals surface area contributed by atoms with E-state index >= 15 is 0 Å². The lowest BCUT2D eigenvalue weighted by Gasteiger charge is -2.33. The lowest BCUT2D eigenvalue weighted by Crippen LogP contribution is -2.50. The summed E-state index contributed by atoms with van der Waals surface area (Å²) in [5.41, 5.74) is 0.390. The van der Waals surface area contributed by atoms with Crippen molar-refractivity contribution >= 4 is 35.3 Å². The Hall–Kier alpha value is -3.10. The molecule has 8 nitrogen and oxygen atoms in total. The first-order valence-corrected chi connectivity index (χ1v) is 10.1. The number of nitrogens with one attached hydrogen (secondary N) is 1. The number of morpholine rings is 1. The number of benzene rings is 1. The summed E-state index contributed by atoms with van der Waals surface area (Å²) in [7, 11) is 0. The highest BCUT2D eigenvalue weighted by Gasteiger charge is 2.25. The fourth-order valence-electron chi connectivity index (χ4n) is 3.01. The third-order valence-corrected chi connectivity index (χ3v) is 4.83. The summed E-state index contributed by atoms with van der Waals surface area (Å²) in [4.78, 5) is 37.7. The molecule has 1 aliphatic rings. The first-order chi connectivity index (χ1) is 14.9. The van der Waals surface area contributed by atoms with Crippen molar-refractivity contribution in [2.75, 3.05) is 32.8 Å². The van der Waals surface area contributed by atoms with Crippen LogP contribution in [0.15, 0.2) is 47.1 Å². The van der Waals surface area contributed by atoms with Crippen molar-refractivity contribution in [3.05, 3.63) is 59.0 Å². The largest absolute Gasteiger partial charge is 0.490 e. The van der Waals surface area contributed by atoms with E-state index in [2.05, 4.69) is 5.32 Å². The first kappa shape index (κ1) is 22.6. The molecule has 1 aromatic heterocycles. The van der Waals surface area contributed by atoms with Crippen LogP contribution < -0.4 is 10.1 Å². The molecule has 3 rings (SSSR count). The minimum absolute atomic E-state index is 0.124. The Kier molecular flexibility index (Phi) is 7.86. The number of Topliss-reactive ketones (excluding diaryl/α,β-unsaturated/α-hetero) is 1. The summed E-state index contributed by atoms with van der Waals surface area (Å²) in [5.74, 6) is 0.197. The van der Waals surface area contributed by atoms with Gasteiger partial charge in [-0.3, -0.25) is 14.4 Å². The van der Waals surface area contributed by atoms with Crippen LogP contribution in [0.4, 0.5) is 0 Å². The molecular formula is C22H23ClN2O6. The molecule has 2 aromatic rings. The second kappa shape index (κ2) is 10.8. The van der Waals surface area contributed by atoms with Crippen LogP contribution in [0.25, 0.3) is 6.08 Å². The molecular weight excluding hydrogens is 424 g/mol. The standard InChI is InChI=1S/C22H23ClN2O6/c1-15(26)19-11-16(23)4-6-20(19)31-14-18-13-25(8-10-30-18)22(28)12-24-21(27)7-5-17-3-2-9-29-17/h2-7,9,11,18H,8,10,12-14H2,1H3,(H,24,27). The SMILES string of the molecule is CC(=O)c1cc(Cl)ccc1OCC1CN(C(=O)CNC(=O)C=Cc2ccco2)CCO1. The molecule has 2 amide bonds. The van der Waals surface area contributed by atoms with E-state index < -0.39 is 5.91 Å². The number of nitrogens with zero attached hydrogens (tertiary/aromatic N) is 1. The van der Waals surface area contributed by atoms with Gasteiger partial charge in [0, 0.05) is 17.6 Å². The fourth-order valence-corrected chi connectivity index (χ4v) is 3.18. The summed E-state index contributed by atoms with van der Waals surface area (Å²) >= 11 is 5.95. The van der Waals surface area contributed by atoms with Gasteiger partial charge in [-0.25, -0.2) is 0 Å². The van der Waals surface area contributed by atoms with Crippen LogP contribution in [0, 0.1) is 0 Å². The summed E-state index contributed by atoms with van der Waals surface area (Å²) in [5, 5.41) is 3.01. The van der Waals surface area contributed by atoms with Crippen molar-refractivity contribution in [2.45, 2.75) is 13.0 Å². The summed E-state index contributed by atoms with van der Waals surface area (Å²) in [6.07, 6.45) is 3.98. The van der Waals surface area contributed by atoms with Crippen LogP contribution in [-0.4, -0.2) is 61.4 Å². The molecule has 0 saturated carbocycles. The highest BCUT2D eigenvalue weighted by Crippen LogP contribution is 2.24. The van der Waals surface area contributed by atoms with E-state index in [9.17, 15) is 14.4 Å². The number of hydrogen-bond donors (Lipinski definition) is 1. The van der Waals surface area contributed by atoms with Gasteiger partial charge in [-0.1, -0.05) is 11.6 Å². The third-order valence-electron chi connectivity index (χ3n) is 4.59. The smallest absolute Gasteiger partial charge is 0.244 e. The Balaban J connectivity index is 1.47. The van der Waals surface area contributed by atoms with Gasteiger partial charge in [-0.05, 0) is 43.3 Å². The summed E-state index contributed by atoms with van der Waals surface area (Å²) < 4.78 is 16.5. The van der Waals surface area contributed by atoms with Crippen molar-refractivity contribution in [3.63, 3.8) is 0 Å². The number of rotatable bonds is 8. The predicted octanol–water partition coefficient (Wildman–Crippen LogP) is 2.57. The van der Waals surface area contributed by atoms with Crippen LogP contribution in [0.2, 0.25) is 5.02 Å². The Morgan fingerprint density at radius 2 is 2.16 bits per heavy atom. The average molecular weight is 447 g/mol. The summed E-state index contributed by atoms with van der Waals surface area (Å²) in [6, 6.07) is 8.27. The molecule has 0 spiro atoms. The van der Waals surface area contributed by atoms with Gasteiger partial charge in [-0.2, -0.15) is 0 Å². The van der Waals surface area contributed by atoms with Crippen molar-refractivity contribution in [1.82, 2.24) is 10.2 Å². The van der Waals surface area contributed by atoms with E-state index in [1.807, 2.05) is 0 Å². The van der Waals surface area contributed by atoms with Gasteiger partial charge < -0.3 is 24.1 Å². The zero-order chi connectivity index (χ0) is 22.2. The maximum absolute atomic E-state index is 12.4. The molecule has 1 N–H and O–H groups in total. The van der Waals surface area contributed by atoms with Gasteiger partial charge in [-0.15, -0.1) is 0 Å². The number of carbonyl (C=O) groups is 3. The van der Waals surface area contributed by atoms with Crippen molar-refractivity contribution in [2.24, 2.45) is 0 Å². The molecule has 31 heavy (non-hydrogen) atoms. The maximum atomic E-state index is 12.4. The zero-order valence-electron chi connectivity index (χ0n) is 17.0. The van der Waals surface area contributed by atoms with E-state index in [4.69, 9.17) is 25.5 Å². The number of ketones is 1. The van der Waals surface area contributed by atoms with Gasteiger partial charge in [0.1, 0.15) is 24.2 Å². The first-order valence-electron chi connectivity index (χ1n) is 9.74. The Bertz CT molecular complexity index is 957. The van der Waals surface area contributed by atoms with Crippen molar-refractivity contribution in [1.29, 1.82) is 0 Å². The number of amides is 2. The minimum atomic E-state index is -0.391. The Labute approximate surface area is 184 Å². The molecule has 0 aliphatic carbocycles. The van der Waals surface area contributed by atoms with E-state index in [1.54, 1.807) is 35.2 Å². The Morgan fingerprint density at radius 1 is 1.32 bits per heavy atom. The molecule has 1 unspecified atom stereocenters. The topological polar surface area (TPSA) is 98.1 Å². The molecule has 0 radical (unpaired) electrons. The molecule has 164 valence electrons. The van der Waals surface area contributed by atoms with Crippen LogP contribution in [-0.2, 0) is 14.3 Å². The van der Waals surface area contributed by atoms with Gasteiger partial charge in [0.15, 0.2) is 5.78 Å². The second-order valence-electron chi connectivity index (χ2n) is 6.91. The Morgan fingerprint density at radius 3 is 2.90 bits per heavy atom. The number of halogens is 1. The van der Waals surface area contributed by atoms with E-state index in [-0.39, 0.29) is 30.9 Å². The summed E-state index contributed by atoms with van der Waals surface area (Å²) in [6.45, 7) is 2.58. The molecule has 1 saturated heterocycles. The molecule has 1 aliphatic heterocycles. The second-order valence-corrected chi connectivity index (χ2v) is 7.34. The minimum Gasteiger partial charge on any atom is -0.490 e. The highest BCUT2D eigenvalue weighted by atomic mass is 35.5. The third kappa shape index (κ3) is 6.70. The van der Waals surface area contributed by atoms with E-state index in [0.717, 1.165) is 0 Å². The molecule has 2 heterocycles. The zero-order valence-corrected chi connectivity index (χ0v) is 17.8. The lowest BCUT2D eigenvalue weighted by molar-refractivity contribution is -0.140. The number of ether oxygens (including phenoxy) is 2. The molecule has 9 heteroatoms. The molecule has 0 bridgehead atoms. The van der Waals surface area contributed by atoms with Gasteiger partial charge in [0.2, 0.25) is 11.8 Å². The average Bonchev–Trinajstić information content (AvgIpc) is 3.29. The van der Waals surface area contributed by atoms with Crippen LogP contribution in [0.3, 0.4) is 0 Å². The number of furan rings is 1. The van der Waals surface area contributed by atoms with E-state index in [1.165, 1.54) is 25.3 Å². The van der Waals surface area contributed by atoms with Crippen molar-refractivity contribution < 1.29 is 28.3 Å². The van der Waals surface area contributed by atoms with Crippen LogP contribution >= 0.6 is 11.6 Å². The van der Waals surface area contributed by atoms with Gasteiger partial charge >= 0.3 is 0 Å². The number of carbonyl (C=O) groups excluding carboxylic acids is 3. The predicted molar refractivity (Wildman–Crippen MR) is 114 cm³/mol. The maximum Gasteiger partial charge on any atom is 0.244 e. The van der Waals surface area contributed by atoms with Gasteiger partial charge in [0.05, 0.1) is 31.5 Å². The fraction of sp³-hybridized carbons (Fsp3) is 0.318. The lowest BCUT2D eigenvalue weighted by atomic mass is 10.1. The van der Waals surface area contributed by atoms with Crippen LogP contribution in [0.1, 0.15) is 23.0 Å². The monoisotopic (exact) mass is 446 g/mol. The molecule has 1 atom stereocenters. The quantitative estimate of drug-likeness (QED) is 0.494. The van der Waals surface area contributed by atoms with Crippen molar-refractivity contribution in [3.8, 4) is 5.75 Å². The normalized spacial score (nSPS) is 16.3. The number of hydrogen-bond acceptors (Lipinski definition) is 6. The van der Waals surface area contributed by atoms with Crippen LogP contribution in [0.5, 0.6) is 5.75 Å². The highest BCUT2D eigenvalue weighted by molar-refractivity contribution is 6.31.